The molecule has 0 aliphatic carbocycles. The van der Waals surface area contributed by atoms with Gasteiger partial charge in [-0.05, 0) is 24.3 Å². The number of esters is 1. The van der Waals surface area contributed by atoms with E-state index >= 15 is 0 Å². The molecule has 0 saturated heterocycles. The van der Waals surface area contributed by atoms with Gasteiger partial charge in [0, 0.05) is 23.6 Å². The Morgan fingerprint density at radius 3 is 2.74 bits per heavy atom. The average molecular weight is 331 g/mol. The molecule has 2 heterocycles. The van der Waals surface area contributed by atoms with E-state index in [9.17, 15) is 4.79 Å². The molecule has 3 rings (SSSR count). The van der Waals surface area contributed by atoms with Gasteiger partial charge in [0.25, 0.3) is 0 Å². The lowest BCUT2D eigenvalue weighted by Gasteiger charge is -2.10. The number of fused-ring (bicyclic) bond motifs is 1. The maximum absolute atomic E-state index is 11.7. The van der Waals surface area contributed by atoms with Crippen LogP contribution in [-0.4, -0.2) is 35.6 Å². The number of aromatic nitrogens is 2. The van der Waals surface area contributed by atoms with Gasteiger partial charge in [0.2, 0.25) is 0 Å². The molecule has 1 aromatic carbocycles. The summed E-state index contributed by atoms with van der Waals surface area (Å²) in [4.78, 5) is 17.2. The molecule has 2 aromatic heterocycles. The zero-order valence-electron chi connectivity index (χ0n) is 12.9. The summed E-state index contributed by atoms with van der Waals surface area (Å²) in [6, 6.07) is 6.92. The van der Waals surface area contributed by atoms with Crippen LogP contribution in [0.15, 0.2) is 35.8 Å². The van der Waals surface area contributed by atoms with Crippen molar-refractivity contribution < 1.29 is 14.3 Å². The number of hydrogen-bond donors (Lipinski definition) is 1. The van der Waals surface area contributed by atoms with Crippen molar-refractivity contribution in [2.24, 2.45) is 5.73 Å². The highest BCUT2D eigenvalue weighted by atomic mass is 32.1. The van der Waals surface area contributed by atoms with Gasteiger partial charge in [-0.15, -0.1) is 11.3 Å². The summed E-state index contributed by atoms with van der Waals surface area (Å²) in [6.45, 7) is 0. The van der Waals surface area contributed by atoms with Crippen LogP contribution in [0.4, 0.5) is 0 Å². The number of nitrogens with two attached hydrogens (primary N) is 1. The average Bonchev–Trinajstić information content (AvgIpc) is 3.16. The van der Waals surface area contributed by atoms with Gasteiger partial charge in [-0.2, -0.15) is 0 Å². The number of thiazole rings is 1. The Kier molecular flexibility index (Phi) is 4.31. The number of imidazole rings is 1. The quantitative estimate of drug-likeness (QED) is 0.725. The highest BCUT2D eigenvalue weighted by Crippen LogP contribution is 2.28. The summed E-state index contributed by atoms with van der Waals surface area (Å²) >= 11 is 1.54. The number of carbonyl (C=O) groups excluding carboxylic acids is 1. The lowest BCUT2D eigenvalue weighted by Crippen LogP contribution is -2.34. The van der Waals surface area contributed by atoms with Crippen LogP contribution in [0, 0.1) is 0 Å². The van der Waals surface area contributed by atoms with Crippen LogP contribution in [0.5, 0.6) is 5.75 Å². The van der Waals surface area contributed by atoms with Gasteiger partial charge in [-0.3, -0.25) is 9.20 Å². The Hall–Kier alpha value is -2.38. The molecule has 0 spiro atoms. The van der Waals surface area contributed by atoms with E-state index in [4.69, 9.17) is 15.2 Å². The molecule has 0 aliphatic heterocycles. The van der Waals surface area contributed by atoms with Crippen LogP contribution in [-0.2, 0) is 16.0 Å². The maximum Gasteiger partial charge on any atom is 0.323 e. The molecule has 7 heteroatoms. The van der Waals surface area contributed by atoms with Gasteiger partial charge in [-0.1, -0.05) is 0 Å². The van der Waals surface area contributed by atoms with E-state index in [0.29, 0.717) is 6.42 Å². The van der Waals surface area contributed by atoms with Gasteiger partial charge in [0.1, 0.15) is 11.8 Å². The Balaban J connectivity index is 2.03. The van der Waals surface area contributed by atoms with Gasteiger partial charge >= 0.3 is 5.97 Å². The van der Waals surface area contributed by atoms with Crippen LogP contribution in [0.2, 0.25) is 0 Å². The minimum atomic E-state index is -0.725. The van der Waals surface area contributed by atoms with Gasteiger partial charge in [-0.25, -0.2) is 4.98 Å². The molecular weight excluding hydrogens is 314 g/mol. The number of methoxy groups -OCH3 is 2. The second-order valence-electron chi connectivity index (χ2n) is 5.02. The lowest BCUT2D eigenvalue weighted by atomic mass is 10.1. The molecule has 1 atom stereocenters. The molecule has 0 aliphatic rings. The number of benzene rings is 1. The summed E-state index contributed by atoms with van der Waals surface area (Å²) in [5.41, 5.74) is 8.60. The fourth-order valence-electron chi connectivity index (χ4n) is 2.45. The second-order valence-corrected chi connectivity index (χ2v) is 5.90. The second kappa shape index (κ2) is 6.39. The molecule has 2 N–H and O–H groups in total. The molecule has 1 unspecified atom stereocenters. The topological polar surface area (TPSA) is 78.8 Å². The first kappa shape index (κ1) is 15.5. The zero-order chi connectivity index (χ0) is 16.4. The summed E-state index contributed by atoms with van der Waals surface area (Å²) in [7, 11) is 2.96. The van der Waals surface area contributed by atoms with Crippen LogP contribution in [0.1, 0.15) is 5.69 Å². The summed E-state index contributed by atoms with van der Waals surface area (Å²) in [5.74, 6) is 0.346. The van der Waals surface area contributed by atoms with Gasteiger partial charge < -0.3 is 15.2 Å². The third-order valence-corrected chi connectivity index (χ3v) is 4.40. The number of nitrogens with zero attached hydrogens (tertiary/aromatic N) is 2. The van der Waals surface area contributed by atoms with Crippen molar-refractivity contribution in [1.29, 1.82) is 0 Å². The first-order chi connectivity index (χ1) is 11.1. The molecule has 3 aromatic rings. The Labute approximate surface area is 137 Å². The number of carbonyl (C=O) groups is 1. The summed E-state index contributed by atoms with van der Waals surface area (Å²) in [5, 5.41) is 1.95. The van der Waals surface area contributed by atoms with E-state index in [1.54, 1.807) is 7.11 Å². The number of ether oxygens (including phenoxy) is 2. The van der Waals surface area contributed by atoms with E-state index < -0.39 is 12.0 Å². The van der Waals surface area contributed by atoms with E-state index in [0.717, 1.165) is 27.7 Å². The van der Waals surface area contributed by atoms with Crippen molar-refractivity contribution in [3.63, 3.8) is 0 Å². The van der Waals surface area contributed by atoms with Crippen LogP contribution < -0.4 is 10.5 Å². The van der Waals surface area contributed by atoms with Crippen molar-refractivity contribution in [2.45, 2.75) is 12.5 Å². The van der Waals surface area contributed by atoms with Crippen molar-refractivity contribution in [3.8, 4) is 17.0 Å². The zero-order valence-corrected chi connectivity index (χ0v) is 13.7. The van der Waals surface area contributed by atoms with E-state index in [2.05, 4.69) is 4.98 Å². The smallest absolute Gasteiger partial charge is 0.323 e. The molecule has 0 fully saturated rings. The molecule has 23 heavy (non-hydrogen) atoms. The first-order valence-corrected chi connectivity index (χ1v) is 7.94. The highest BCUT2D eigenvalue weighted by Gasteiger charge is 2.21. The third kappa shape index (κ3) is 2.93. The SMILES string of the molecule is COC(=O)C(N)Cc1c(-c2ccc(OC)cc2)nc2sccn12. The van der Waals surface area contributed by atoms with Crippen molar-refractivity contribution in [1.82, 2.24) is 9.38 Å². The molecule has 0 amide bonds. The third-order valence-electron chi connectivity index (χ3n) is 3.64. The first-order valence-electron chi connectivity index (χ1n) is 7.06. The van der Waals surface area contributed by atoms with E-state index in [1.165, 1.54) is 18.4 Å². The number of hydrogen-bond acceptors (Lipinski definition) is 6. The van der Waals surface area contributed by atoms with Gasteiger partial charge in [0.05, 0.1) is 25.6 Å². The van der Waals surface area contributed by atoms with Crippen molar-refractivity contribution >= 4 is 22.3 Å². The Bertz CT molecular complexity index is 823. The molecular formula is C16H17N3O3S. The van der Waals surface area contributed by atoms with E-state index in [1.807, 2.05) is 40.2 Å². The van der Waals surface area contributed by atoms with Crippen LogP contribution in [0.25, 0.3) is 16.2 Å². The maximum atomic E-state index is 11.7. The highest BCUT2D eigenvalue weighted by molar-refractivity contribution is 7.15. The Morgan fingerprint density at radius 2 is 2.09 bits per heavy atom. The monoisotopic (exact) mass is 331 g/mol. The predicted octanol–water partition coefficient (Wildman–Crippen LogP) is 2.11. The van der Waals surface area contributed by atoms with E-state index in [-0.39, 0.29) is 0 Å². The minimum Gasteiger partial charge on any atom is -0.497 e. The molecule has 6 nitrogen and oxygen atoms in total. The summed E-state index contributed by atoms with van der Waals surface area (Å²) in [6.07, 6.45) is 2.28. The molecule has 0 radical (unpaired) electrons. The minimum absolute atomic E-state index is 0.353. The largest absolute Gasteiger partial charge is 0.497 e. The van der Waals surface area contributed by atoms with Gasteiger partial charge in [0.15, 0.2) is 4.96 Å². The standard InChI is InChI=1S/C16H17N3O3S/c1-21-11-5-3-10(4-6-11)14-13(9-12(17)15(20)22-2)19-7-8-23-16(19)18-14/h3-8,12H,9,17H2,1-2H3. The Morgan fingerprint density at radius 1 is 1.35 bits per heavy atom. The summed E-state index contributed by atoms with van der Waals surface area (Å²) < 4.78 is 11.9. The predicted molar refractivity (Wildman–Crippen MR) is 88.8 cm³/mol. The number of rotatable bonds is 5. The van der Waals surface area contributed by atoms with Crippen LogP contribution >= 0.6 is 11.3 Å². The van der Waals surface area contributed by atoms with Crippen LogP contribution in [0.3, 0.4) is 0 Å². The molecule has 120 valence electrons. The lowest BCUT2D eigenvalue weighted by molar-refractivity contribution is -0.142. The fraction of sp³-hybridized carbons (Fsp3) is 0.250. The normalized spacial score (nSPS) is 12.3. The van der Waals surface area contributed by atoms with Crippen molar-refractivity contribution in [3.05, 3.63) is 41.5 Å². The fourth-order valence-corrected chi connectivity index (χ4v) is 3.18. The molecule has 0 bridgehead atoms. The molecule has 0 saturated carbocycles. The van der Waals surface area contributed by atoms with Crippen molar-refractivity contribution in [2.75, 3.05) is 14.2 Å².